The van der Waals surface area contributed by atoms with Gasteiger partial charge in [0.2, 0.25) is 0 Å². The third-order valence-electron chi connectivity index (χ3n) is 2.19. The number of benzene rings is 1. The van der Waals surface area contributed by atoms with E-state index in [1.165, 1.54) is 31.4 Å². The summed E-state index contributed by atoms with van der Waals surface area (Å²) in [5.74, 6) is -0.516. The van der Waals surface area contributed by atoms with Crippen molar-refractivity contribution < 1.29 is 18.3 Å². The highest BCUT2D eigenvalue weighted by Gasteiger charge is 2.14. The molecule has 0 bridgehead atoms. The molecule has 0 aliphatic carbocycles. The summed E-state index contributed by atoms with van der Waals surface area (Å²) in [6.45, 7) is 0. The molecule has 1 aromatic carbocycles. The molecule has 3 nitrogen and oxygen atoms in total. The molecule has 1 atom stereocenters. The zero-order chi connectivity index (χ0) is 12.1. The topological polar surface area (TPSA) is 52.3 Å². The van der Waals surface area contributed by atoms with Gasteiger partial charge in [0.25, 0.3) is 6.43 Å². The Morgan fingerprint density at radius 2 is 1.94 bits per heavy atom. The highest BCUT2D eigenvalue weighted by molar-refractivity contribution is 5.75. The molecule has 16 heavy (non-hydrogen) atoms. The average Bonchev–Trinajstić information content (AvgIpc) is 2.28. The molecule has 1 rings (SSSR count). The molecule has 0 aliphatic heterocycles. The van der Waals surface area contributed by atoms with Crippen LogP contribution < -0.4 is 5.73 Å². The minimum Gasteiger partial charge on any atom is -0.468 e. The van der Waals surface area contributed by atoms with Crippen molar-refractivity contribution in [3.63, 3.8) is 0 Å². The molecule has 2 N–H and O–H groups in total. The van der Waals surface area contributed by atoms with E-state index in [1.807, 2.05) is 0 Å². The van der Waals surface area contributed by atoms with Crippen molar-refractivity contribution in [2.75, 3.05) is 7.11 Å². The van der Waals surface area contributed by atoms with E-state index < -0.39 is 18.4 Å². The molecule has 5 heteroatoms. The van der Waals surface area contributed by atoms with Crippen LogP contribution in [-0.4, -0.2) is 19.1 Å². The van der Waals surface area contributed by atoms with Crippen LogP contribution in [0.5, 0.6) is 0 Å². The number of rotatable bonds is 4. The summed E-state index contributed by atoms with van der Waals surface area (Å²) < 4.78 is 29.0. The second-order valence-electron chi connectivity index (χ2n) is 3.38. The van der Waals surface area contributed by atoms with Gasteiger partial charge in [-0.3, -0.25) is 4.79 Å². The lowest BCUT2D eigenvalue weighted by molar-refractivity contribution is -0.142. The van der Waals surface area contributed by atoms with Gasteiger partial charge >= 0.3 is 5.97 Å². The van der Waals surface area contributed by atoms with Crippen LogP contribution in [0.3, 0.4) is 0 Å². The molecule has 0 unspecified atom stereocenters. The number of carbonyl (C=O) groups excluding carboxylic acids is 1. The van der Waals surface area contributed by atoms with E-state index in [1.54, 1.807) is 0 Å². The Morgan fingerprint density at radius 3 is 2.38 bits per heavy atom. The molecule has 0 radical (unpaired) electrons. The fourth-order valence-electron chi connectivity index (χ4n) is 1.29. The lowest BCUT2D eigenvalue weighted by atomic mass is 10.0. The first-order chi connectivity index (χ1) is 7.54. The van der Waals surface area contributed by atoms with Crippen molar-refractivity contribution in [2.24, 2.45) is 5.73 Å². The largest absolute Gasteiger partial charge is 0.468 e. The summed E-state index contributed by atoms with van der Waals surface area (Å²) in [4.78, 5) is 11.0. The number of alkyl halides is 2. The van der Waals surface area contributed by atoms with Crippen molar-refractivity contribution in [3.05, 3.63) is 35.4 Å². The molecule has 0 aromatic heterocycles. The second kappa shape index (κ2) is 5.55. The van der Waals surface area contributed by atoms with Crippen molar-refractivity contribution in [1.29, 1.82) is 0 Å². The number of ether oxygens (including phenoxy) is 1. The maximum absolute atomic E-state index is 12.2. The van der Waals surface area contributed by atoms with Gasteiger partial charge in [-0.25, -0.2) is 8.78 Å². The maximum atomic E-state index is 12.2. The molecule has 0 saturated carbocycles. The molecule has 0 aliphatic rings. The van der Waals surface area contributed by atoms with Crippen LogP contribution in [0.25, 0.3) is 0 Å². The summed E-state index contributed by atoms with van der Waals surface area (Å²) in [5.41, 5.74) is 6.21. The fourth-order valence-corrected chi connectivity index (χ4v) is 1.29. The zero-order valence-electron chi connectivity index (χ0n) is 8.82. The smallest absolute Gasteiger partial charge is 0.322 e. The standard InChI is InChI=1S/C11H13F2NO2/c1-16-11(15)9(14)6-7-2-4-8(5-3-7)10(12)13/h2-5,9-10H,6,14H2,1H3/t9-/m1/s1. The summed E-state index contributed by atoms with van der Waals surface area (Å²) in [7, 11) is 1.25. The van der Waals surface area contributed by atoms with Gasteiger partial charge in [0.05, 0.1) is 7.11 Å². The number of carbonyl (C=O) groups is 1. The summed E-state index contributed by atoms with van der Waals surface area (Å²) in [5, 5.41) is 0. The highest BCUT2D eigenvalue weighted by atomic mass is 19.3. The van der Waals surface area contributed by atoms with Crippen LogP contribution in [0.4, 0.5) is 8.78 Å². The first-order valence-corrected chi connectivity index (χ1v) is 4.75. The highest BCUT2D eigenvalue weighted by Crippen LogP contribution is 2.19. The molecule has 0 fully saturated rings. The normalized spacial score (nSPS) is 12.6. The monoisotopic (exact) mass is 229 g/mol. The van der Waals surface area contributed by atoms with Gasteiger partial charge in [-0.15, -0.1) is 0 Å². The minimum absolute atomic E-state index is 0.0459. The quantitative estimate of drug-likeness (QED) is 0.799. The van der Waals surface area contributed by atoms with E-state index in [2.05, 4.69) is 4.74 Å². The van der Waals surface area contributed by atoms with Crippen LogP contribution in [0.15, 0.2) is 24.3 Å². The molecule has 1 aromatic rings. The van der Waals surface area contributed by atoms with Crippen LogP contribution in [0.1, 0.15) is 17.6 Å². The van der Waals surface area contributed by atoms with Crippen molar-refractivity contribution in [3.8, 4) is 0 Å². The van der Waals surface area contributed by atoms with Gasteiger partial charge in [0.1, 0.15) is 6.04 Å². The van der Waals surface area contributed by atoms with Crippen LogP contribution >= 0.6 is 0 Å². The van der Waals surface area contributed by atoms with Crippen molar-refractivity contribution >= 4 is 5.97 Å². The number of nitrogens with two attached hydrogens (primary N) is 1. The van der Waals surface area contributed by atoms with E-state index in [4.69, 9.17) is 5.73 Å². The van der Waals surface area contributed by atoms with E-state index in [9.17, 15) is 13.6 Å². The summed E-state index contributed by atoms with van der Waals surface area (Å²) >= 11 is 0. The number of esters is 1. The van der Waals surface area contributed by atoms with Crippen LogP contribution in [-0.2, 0) is 16.0 Å². The van der Waals surface area contributed by atoms with E-state index in [-0.39, 0.29) is 12.0 Å². The van der Waals surface area contributed by atoms with Crippen LogP contribution in [0, 0.1) is 0 Å². The van der Waals surface area contributed by atoms with Crippen LogP contribution in [0.2, 0.25) is 0 Å². The van der Waals surface area contributed by atoms with Gasteiger partial charge < -0.3 is 10.5 Å². The Labute approximate surface area is 92.2 Å². The van der Waals surface area contributed by atoms with E-state index >= 15 is 0 Å². The van der Waals surface area contributed by atoms with Gasteiger partial charge in [0.15, 0.2) is 0 Å². The Balaban J connectivity index is 2.65. The number of halogens is 2. The third-order valence-corrected chi connectivity index (χ3v) is 2.19. The van der Waals surface area contributed by atoms with Gasteiger partial charge in [-0.1, -0.05) is 24.3 Å². The maximum Gasteiger partial charge on any atom is 0.322 e. The molecular formula is C11H13F2NO2. The SMILES string of the molecule is COC(=O)[C@H](N)Cc1ccc(C(F)F)cc1. The molecule has 0 spiro atoms. The first kappa shape index (κ1) is 12.6. The Morgan fingerprint density at radius 1 is 1.38 bits per heavy atom. The Hall–Kier alpha value is -1.49. The third kappa shape index (κ3) is 3.27. The lowest BCUT2D eigenvalue weighted by Gasteiger charge is -2.09. The molecule has 0 saturated heterocycles. The predicted octanol–water partition coefficient (Wildman–Crippen LogP) is 1.67. The molecule has 88 valence electrons. The van der Waals surface area contributed by atoms with E-state index in [0.29, 0.717) is 0 Å². The Kier molecular flexibility index (Phi) is 4.37. The lowest BCUT2D eigenvalue weighted by Crippen LogP contribution is -2.33. The number of methoxy groups -OCH3 is 1. The van der Waals surface area contributed by atoms with Gasteiger partial charge in [-0.05, 0) is 12.0 Å². The molecular weight excluding hydrogens is 216 g/mol. The van der Waals surface area contributed by atoms with Gasteiger partial charge in [0, 0.05) is 5.56 Å². The zero-order valence-corrected chi connectivity index (χ0v) is 8.82. The number of hydrogen-bond acceptors (Lipinski definition) is 3. The fraction of sp³-hybridized carbons (Fsp3) is 0.364. The van der Waals surface area contributed by atoms with Gasteiger partial charge in [-0.2, -0.15) is 0 Å². The van der Waals surface area contributed by atoms with Crippen molar-refractivity contribution in [1.82, 2.24) is 0 Å². The average molecular weight is 229 g/mol. The predicted molar refractivity (Wildman–Crippen MR) is 55.1 cm³/mol. The minimum atomic E-state index is -2.48. The molecule has 0 amide bonds. The number of hydrogen-bond donors (Lipinski definition) is 1. The Bertz CT molecular complexity index is 352. The van der Waals surface area contributed by atoms with Crippen molar-refractivity contribution in [2.45, 2.75) is 18.9 Å². The van der Waals surface area contributed by atoms with E-state index in [0.717, 1.165) is 5.56 Å². The summed E-state index contributed by atoms with van der Waals surface area (Å²) in [6.07, 6.45) is -2.21. The second-order valence-corrected chi connectivity index (χ2v) is 3.38. The first-order valence-electron chi connectivity index (χ1n) is 4.75. The summed E-state index contributed by atoms with van der Waals surface area (Å²) in [6, 6.07) is 4.95. The molecule has 0 heterocycles.